The average molecular weight is 813 g/mol. The third-order valence-electron chi connectivity index (χ3n) is 8.93. The highest BCUT2D eigenvalue weighted by Gasteiger charge is 2.26. The highest BCUT2D eigenvalue weighted by atomic mass is 35.5. The van der Waals surface area contributed by atoms with Gasteiger partial charge in [-0.3, -0.25) is 9.78 Å². The van der Waals surface area contributed by atoms with Gasteiger partial charge in [0, 0.05) is 42.7 Å². The molecule has 1 amide bonds. The Morgan fingerprint density at radius 1 is 0.879 bits per heavy atom. The number of rotatable bonds is 16. The van der Waals surface area contributed by atoms with Crippen LogP contribution in [0.3, 0.4) is 0 Å². The lowest BCUT2D eigenvalue weighted by molar-refractivity contribution is -0.157. The van der Waals surface area contributed by atoms with Crippen molar-refractivity contribution >= 4 is 23.7 Å². The van der Waals surface area contributed by atoms with Crippen LogP contribution in [0.1, 0.15) is 88.6 Å². The summed E-state index contributed by atoms with van der Waals surface area (Å²) in [5.41, 5.74) is 4.57. The fourth-order valence-electron chi connectivity index (χ4n) is 6.15. The molecule has 1 aliphatic rings. The molecule has 4 aromatic rings. The summed E-state index contributed by atoms with van der Waals surface area (Å²) in [4.78, 5) is 29.7. The molecule has 5 rings (SSSR count). The first-order chi connectivity index (χ1) is 27.6. The molecule has 0 saturated heterocycles. The van der Waals surface area contributed by atoms with Gasteiger partial charge in [0.05, 0.1) is 10.6 Å². The molecular weight excluding hydrogens is 760 g/mol. The van der Waals surface area contributed by atoms with E-state index in [4.69, 9.17) is 40.0 Å². The number of alkyl carbamates (subject to hydrolysis) is 1. The van der Waals surface area contributed by atoms with Gasteiger partial charge in [-0.25, -0.2) is 4.79 Å². The summed E-state index contributed by atoms with van der Waals surface area (Å²) in [7, 11) is 0. The molecule has 0 unspecified atom stereocenters. The van der Waals surface area contributed by atoms with Gasteiger partial charge in [-0.15, -0.1) is 0 Å². The van der Waals surface area contributed by atoms with Crippen LogP contribution in [0.25, 0.3) is 11.1 Å². The number of hydrogen-bond donors (Lipinski definition) is 2. The van der Waals surface area contributed by atoms with Crippen molar-refractivity contribution in [3.63, 3.8) is 0 Å². The molecule has 2 heterocycles. The summed E-state index contributed by atoms with van der Waals surface area (Å²) in [6.07, 6.45) is 4.35. The summed E-state index contributed by atoms with van der Waals surface area (Å²) in [6.45, 7) is 14.9. The Morgan fingerprint density at radius 3 is 2.36 bits per heavy atom. The van der Waals surface area contributed by atoms with Gasteiger partial charge < -0.3 is 39.1 Å². The minimum atomic E-state index is -0.695. The minimum absolute atomic E-state index is 0.118. The number of hydrogen-bond acceptors (Lipinski definition) is 11. The van der Waals surface area contributed by atoms with Gasteiger partial charge in [0.1, 0.15) is 61.2 Å². The molecule has 1 aliphatic heterocycles. The maximum absolute atomic E-state index is 13.4. The normalized spacial score (nSPS) is 12.9. The van der Waals surface area contributed by atoms with Gasteiger partial charge in [0.25, 0.3) is 0 Å². The Bertz CT molecular complexity index is 2100. The fourth-order valence-corrected chi connectivity index (χ4v) is 6.39. The molecule has 58 heavy (non-hydrogen) atoms. The number of nitrogens with one attached hydrogen (secondary N) is 2. The number of nitrogens with zero attached hydrogens (tertiary/aromatic N) is 2. The number of fused-ring (bicyclic) bond motifs is 1. The van der Waals surface area contributed by atoms with Crippen molar-refractivity contribution in [3.05, 3.63) is 99.8 Å². The molecule has 0 radical (unpaired) electrons. The number of pyridine rings is 1. The van der Waals surface area contributed by atoms with E-state index < -0.39 is 29.3 Å². The average Bonchev–Trinajstić information content (AvgIpc) is 3.17. The predicted octanol–water partition coefficient (Wildman–Crippen LogP) is 9.01. The van der Waals surface area contributed by atoms with E-state index in [1.807, 2.05) is 71.9 Å². The molecule has 3 aromatic carbocycles. The summed E-state index contributed by atoms with van der Waals surface area (Å²) in [5.74, 6) is 1.95. The van der Waals surface area contributed by atoms with Gasteiger partial charge in [-0.1, -0.05) is 35.9 Å². The Labute approximate surface area is 346 Å². The highest BCUT2D eigenvalue weighted by Crippen LogP contribution is 2.37. The van der Waals surface area contributed by atoms with E-state index in [-0.39, 0.29) is 19.8 Å². The summed E-state index contributed by atoms with van der Waals surface area (Å²) in [5, 5.41) is 15.9. The lowest BCUT2D eigenvalue weighted by Crippen LogP contribution is -2.41. The van der Waals surface area contributed by atoms with Gasteiger partial charge >= 0.3 is 12.1 Å². The Kier molecular flexibility index (Phi) is 14.9. The standard InChI is InChI=1S/C45H53ClN4O8/c1-29-33(11-10-12-35(29)32-14-15-38-41(21-32)54-18-17-53-38)28-56-40-22-39(55-27-31-19-30(23-47)24-48-25-31)34(20-36(40)46)26-50-37(42(51)57-44(2,3)4)13-8-9-16-49-43(52)58-45(5,6)7/h10-12,14-15,19-22,24-25,37,50H,8-9,13,16-18,26-28H2,1-7H3,(H,49,52)/t37-/m0/s1. The molecule has 13 heteroatoms. The van der Waals surface area contributed by atoms with Crippen molar-refractivity contribution in [2.24, 2.45) is 0 Å². The monoisotopic (exact) mass is 812 g/mol. The van der Waals surface area contributed by atoms with Crippen LogP contribution in [0, 0.1) is 18.3 Å². The number of esters is 1. The number of ether oxygens (including phenoxy) is 6. The van der Waals surface area contributed by atoms with Crippen LogP contribution in [0.4, 0.5) is 4.79 Å². The second-order valence-electron chi connectivity index (χ2n) is 16.0. The molecule has 2 N–H and O–H groups in total. The van der Waals surface area contributed by atoms with Gasteiger partial charge in [-0.2, -0.15) is 5.26 Å². The second kappa shape index (κ2) is 19.8. The molecule has 1 atom stereocenters. The molecule has 1 aromatic heterocycles. The molecule has 308 valence electrons. The fraction of sp³-hybridized carbons (Fsp3) is 0.422. The smallest absolute Gasteiger partial charge is 0.407 e. The SMILES string of the molecule is Cc1c(COc2cc(OCc3cncc(C#N)c3)c(CN[C@@H](CCCCNC(=O)OC(C)(C)C)C(=O)OC(C)(C)C)cc2Cl)cccc1-c1ccc2c(c1)OCCO2. The molecule has 0 aliphatic carbocycles. The lowest BCUT2D eigenvalue weighted by Gasteiger charge is -2.25. The minimum Gasteiger partial charge on any atom is -0.488 e. The number of aromatic nitrogens is 1. The summed E-state index contributed by atoms with van der Waals surface area (Å²) < 4.78 is 35.3. The zero-order chi connectivity index (χ0) is 41.9. The van der Waals surface area contributed by atoms with Crippen molar-refractivity contribution in [2.75, 3.05) is 19.8 Å². The maximum Gasteiger partial charge on any atom is 0.407 e. The summed E-state index contributed by atoms with van der Waals surface area (Å²) >= 11 is 6.89. The largest absolute Gasteiger partial charge is 0.488 e. The second-order valence-corrected chi connectivity index (χ2v) is 16.4. The van der Waals surface area contributed by atoms with E-state index in [2.05, 4.69) is 34.7 Å². The first-order valence-electron chi connectivity index (χ1n) is 19.4. The number of carbonyl (C=O) groups is 2. The zero-order valence-electron chi connectivity index (χ0n) is 34.3. The highest BCUT2D eigenvalue weighted by molar-refractivity contribution is 6.32. The number of amides is 1. The van der Waals surface area contributed by atoms with Crippen LogP contribution in [0.15, 0.2) is 67.0 Å². The van der Waals surface area contributed by atoms with Gasteiger partial charge in [0.15, 0.2) is 11.5 Å². The van der Waals surface area contributed by atoms with Gasteiger partial charge in [-0.05, 0) is 114 Å². The Morgan fingerprint density at radius 2 is 1.62 bits per heavy atom. The lowest BCUT2D eigenvalue weighted by atomic mass is 9.96. The molecule has 0 fully saturated rings. The van der Waals surface area contributed by atoms with Crippen LogP contribution in [-0.2, 0) is 34.0 Å². The molecular formula is C45H53ClN4O8. The van der Waals surface area contributed by atoms with Gasteiger partial charge in [0.2, 0.25) is 0 Å². The van der Waals surface area contributed by atoms with Crippen molar-refractivity contribution < 1.29 is 38.0 Å². The van der Waals surface area contributed by atoms with Crippen molar-refractivity contribution in [1.29, 1.82) is 5.26 Å². The van der Waals surface area contributed by atoms with E-state index in [0.717, 1.165) is 33.8 Å². The number of nitriles is 1. The first-order valence-corrected chi connectivity index (χ1v) is 19.8. The van der Waals surface area contributed by atoms with Crippen LogP contribution < -0.4 is 29.6 Å². The van der Waals surface area contributed by atoms with E-state index in [9.17, 15) is 14.9 Å². The topological polar surface area (TPSA) is 150 Å². The number of halogens is 1. The summed E-state index contributed by atoms with van der Waals surface area (Å²) in [6, 6.07) is 18.7. The van der Waals surface area contributed by atoms with E-state index in [1.54, 1.807) is 24.4 Å². The van der Waals surface area contributed by atoms with E-state index in [0.29, 0.717) is 72.2 Å². The van der Waals surface area contributed by atoms with Crippen LogP contribution in [0.2, 0.25) is 5.02 Å². The third-order valence-corrected chi connectivity index (χ3v) is 9.23. The quantitative estimate of drug-likeness (QED) is 0.0824. The first kappa shape index (κ1) is 43.6. The van der Waals surface area contributed by atoms with Crippen molar-refractivity contribution in [1.82, 2.24) is 15.6 Å². The molecule has 12 nitrogen and oxygen atoms in total. The number of unbranched alkanes of at least 4 members (excludes halogenated alkanes) is 1. The Hall–Kier alpha value is -5.51. The molecule has 0 bridgehead atoms. The molecule has 0 spiro atoms. The van der Waals surface area contributed by atoms with E-state index >= 15 is 0 Å². The Balaban J connectivity index is 1.33. The van der Waals surface area contributed by atoms with Crippen LogP contribution >= 0.6 is 11.6 Å². The number of benzene rings is 3. The van der Waals surface area contributed by atoms with Crippen molar-refractivity contribution in [2.45, 2.75) is 105 Å². The number of carbonyl (C=O) groups excluding carboxylic acids is 2. The maximum atomic E-state index is 13.4. The third kappa shape index (κ3) is 13.0. The predicted molar refractivity (Wildman–Crippen MR) is 221 cm³/mol. The van der Waals surface area contributed by atoms with Crippen molar-refractivity contribution in [3.8, 4) is 40.2 Å². The molecule has 0 saturated carbocycles. The van der Waals surface area contributed by atoms with Crippen LogP contribution in [0.5, 0.6) is 23.0 Å². The van der Waals surface area contributed by atoms with E-state index in [1.165, 1.54) is 6.20 Å². The van der Waals surface area contributed by atoms with Crippen LogP contribution in [-0.4, -0.2) is 54.0 Å². The zero-order valence-corrected chi connectivity index (χ0v) is 35.1.